The fourth-order valence-corrected chi connectivity index (χ4v) is 5.20. The third-order valence-corrected chi connectivity index (χ3v) is 6.67. The molecule has 0 saturated heterocycles. The van der Waals surface area contributed by atoms with Gasteiger partial charge in [0.25, 0.3) is 5.56 Å². The number of nitrogens with zero attached hydrogens (tertiary/aromatic N) is 3. The van der Waals surface area contributed by atoms with Crippen LogP contribution in [0, 0.1) is 19.7 Å². The van der Waals surface area contributed by atoms with Gasteiger partial charge in [0.1, 0.15) is 16.5 Å². The molecule has 5 rings (SSSR count). The highest BCUT2D eigenvalue weighted by Crippen LogP contribution is 2.28. The van der Waals surface area contributed by atoms with Crippen LogP contribution in [0.25, 0.3) is 26.9 Å². The van der Waals surface area contributed by atoms with Crippen LogP contribution in [0.4, 0.5) is 4.39 Å². The molecule has 30 heavy (non-hydrogen) atoms. The highest BCUT2D eigenvalue weighted by atomic mass is 32.2. The quantitative estimate of drug-likeness (QED) is 0.304. The molecule has 2 aromatic carbocycles. The highest BCUT2D eigenvalue weighted by Gasteiger charge is 2.18. The van der Waals surface area contributed by atoms with Gasteiger partial charge in [-0.2, -0.15) is 0 Å². The van der Waals surface area contributed by atoms with Crippen LogP contribution in [-0.4, -0.2) is 19.5 Å². The van der Waals surface area contributed by atoms with Crippen molar-refractivity contribution >= 4 is 44.3 Å². The summed E-state index contributed by atoms with van der Waals surface area (Å²) in [7, 11) is 0. The summed E-state index contributed by atoms with van der Waals surface area (Å²) >= 11 is 2.82. The van der Waals surface area contributed by atoms with Gasteiger partial charge >= 0.3 is 0 Å². The van der Waals surface area contributed by atoms with Gasteiger partial charge in [-0.15, -0.1) is 11.3 Å². The van der Waals surface area contributed by atoms with Crippen molar-refractivity contribution in [3.63, 3.8) is 0 Å². The molecule has 0 saturated carbocycles. The number of nitrogens with one attached hydrogen (secondary N) is 1. The Morgan fingerprint density at radius 1 is 1.13 bits per heavy atom. The van der Waals surface area contributed by atoms with E-state index in [1.165, 1.54) is 33.7 Å². The van der Waals surface area contributed by atoms with Crippen molar-refractivity contribution < 1.29 is 4.39 Å². The summed E-state index contributed by atoms with van der Waals surface area (Å²) in [4.78, 5) is 27.5. The van der Waals surface area contributed by atoms with Crippen LogP contribution >= 0.6 is 23.1 Å². The average molecular weight is 437 g/mol. The Balaban J connectivity index is 1.60. The lowest BCUT2D eigenvalue weighted by atomic mass is 10.2. The van der Waals surface area contributed by atoms with Crippen LogP contribution in [0.5, 0.6) is 0 Å². The smallest absolute Gasteiger partial charge is 0.267 e. The molecule has 3 heterocycles. The molecule has 5 aromatic rings. The van der Waals surface area contributed by atoms with Crippen molar-refractivity contribution in [3.8, 4) is 5.69 Å². The topological polar surface area (TPSA) is 63.6 Å². The maximum atomic E-state index is 14.6. The van der Waals surface area contributed by atoms with Crippen molar-refractivity contribution in [1.82, 2.24) is 19.5 Å². The molecule has 5 nitrogen and oxygen atoms in total. The van der Waals surface area contributed by atoms with E-state index in [1.54, 1.807) is 18.2 Å². The Morgan fingerprint density at radius 2 is 1.97 bits per heavy atom. The second kappa shape index (κ2) is 7.37. The Bertz CT molecular complexity index is 1470. The van der Waals surface area contributed by atoms with E-state index in [0.29, 0.717) is 21.1 Å². The third kappa shape index (κ3) is 3.32. The molecular weight excluding hydrogens is 419 g/mol. The number of hydrogen-bond donors (Lipinski definition) is 1. The summed E-state index contributed by atoms with van der Waals surface area (Å²) in [6.07, 6.45) is 0. The lowest BCUT2D eigenvalue weighted by Crippen LogP contribution is -2.22. The summed E-state index contributed by atoms with van der Waals surface area (Å²) < 4.78 is 15.9. The maximum absolute atomic E-state index is 14.6. The summed E-state index contributed by atoms with van der Waals surface area (Å²) in [5, 5.41) is 0.945. The molecule has 8 heteroatoms. The molecule has 0 atom stereocenters. The van der Waals surface area contributed by atoms with Gasteiger partial charge in [-0.25, -0.2) is 14.4 Å². The summed E-state index contributed by atoms with van der Waals surface area (Å²) in [5.41, 5.74) is 2.94. The second-order valence-corrected chi connectivity index (χ2v) is 9.23. The summed E-state index contributed by atoms with van der Waals surface area (Å²) in [6.45, 7) is 3.96. The molecule has 0 bridgehead atoms. The molecule has 0 aliphatic carbocycles. The van der Waals surface area contributed by atoms with E-state index in [9.17, 15) is 9.18 Å². The number of rotatable bonds is 4. The van der Waals surface area contributed by atoms with E-state index < -0.39 is 5.82 Å². The zero-order valence-corrected chi connectivity index (χ0v) is 17.9. The summed E-state index contributed by atoms with van der Waals surface area (Å²) in [6, 6.07) is 14.1. The number of fused-ring (bicyclic) bond motifs is 2. The summed E-state index contributed by atoms with van der Waals surface area (Å²) in [5.74, 6) is 0.788. The molecule has 0 fully saturated rings. The zero-order valence-electron chi connectivity index (χ0n) is 16.3. The second-order valence-electron chi connectivity index (χ2n) is 7.06. The monoisotopic (exact) mass is 436 g/mol. The first-order valence-corrected chi connectivity index (χ1v) is 11.2. The van der Waals surface area contributed by atoms with Crippen LogP contribution in [-0.2, 0) is 5.75 Å². The van der Waals surface area contributed by atoms with Crippen LogP contribution in [0.1, 0.15) is 16.3 Å². The Hall–Kier alpha value is -2.97. The average Bonchev–Trinajstić information content (AvgIpc) is 3.29. The van der Waals surface area contributed by atoms with Crippen molar-refractivity contribution in [2.75, 3.05) is 0 Å². The lowest BCUT2D eigenvalue weighted by Gasteiger charge is -2.12. The molecule has 3 aromatic heterocycles. The lowest BCUT2D eigenvalue weighted by molar-refractivity contribution is 0.608. The number of thioether (sulfide) groups is 1. The minimum absolute atomic E-state index is 0.198. The molecule has 0 spiro atoms. The van der Waals surface area contributed by atoms with Crippen LogP contribution in [0.3, 0.4) is 0 Å². The first kappa shape index (κ1) is 19.0. The van der Waals surface area contributed by atoms with Crippen LogP contribution in [0.15, 0.2) is 58.5 Å². The van der Waals surface area contributed by atoms with Gasteiger partial charge < -0.3 is 4.98 Å². The number of aryl methyl sites for hydroxylation is 2. The van der Waals surface area contributed by atoms with Crippen molar-refractivity contribution in [2.24, 2.45) is 0 Å². The zero-order chi connectivity index (χ0) is 20.8. The fourth-order valence-electron chi connectivity index (χ4n) is 3.40. The van der Waals surface area contributed by atoms with Gasteiger partial charge in [-0.05, 0) is 49.7 Å². The number of aromatic amines is 1. The van der Waals surface area contributed by atoms with Gasteiger partial charge in [0.2, 0.25) is 0 Å². The molecule has 0 aliphatic heterocycles. The number of aromatic nitrogens is 4. The third-order valence-electron chi connectivity index (χ3n) is 4.78. The minimum Gasteiger partial charge on any atom is -0.341 e. The Morgan fingerprint density at radius 3 is 2.80 bits per heavy atom. The van der Waals surface area contributed by atoms with E-state index in [-0.39, 0.29) is 11.2 Å². The van der Waals surface area contributed by atoms with Gasteiger partial charge in [-0.1, -0.05) is 30.0 Å². The van der Waals surface area contributed by atoms with Gasteiger partial charge in [-0.3, -0.25) is 9.36 Å². The van der Waals surface area contributed by atoms with Gasteiger partial charge in [0.05, 0.1) is 27.9 Å². The molecule has 0 unspecified atom stereocenters. The minimum atomic E-state index is -0.464. The van der Waals surface area contributed by atoms with E-state index >= 15 is 0 Å². The number of benzene rings is 2. The van der Waals surface area contributed by atoms with Crippen LogP contribution < -0.4 is 5.56 Å². The Labute approximate surface area is 179 Å². The maximum Gasteiger partial charge on any atom is 0.267 e. The SMILES string of the molecule is Cc1ccc2nc(CSc3nc4sc(C)cc4c(=O)n3-c3ccccc3F)[nH]c2c1. The molecule has 0 aliphatic rings. The number of hydrogen-bond acceptors (Lipinski definition) is 5. The van der Waals surface area contributed by atoms with E-state index in [4.69, 9.17) is 4.98 Å². The largest absolute Gasteiger partial charge is 0.341 e. The van der Waals surface area contributed by atoms with Gasteiger partial charge in [0.15, 0.2) is 5.16 Å². The molecule has 150 valence electrons. The number of imidazole rings is 1. The number of para-hydroxylation sites is 1. The van der Waals surface area contributed by atoms with Crippen molar-refractivity contribution in [1.29, 1.82) is 0 Å². The van der Waals surface area contributed by atoms with E-state index in [2.05, 4.69) is 9.97 Å². The number of halogens is 1. The Kier molecular flexibility index (Phi) is 4.67. The van der Waals surface area contributed by atoms with Crippen molar-refractivity contribution in [2.45, 2.75) is 24.8 Å². The van der Waals surface area contributed by atoms with E-state index in [1.807, 2.05) is 38.1 Å². The number of H-pyrrole nitrogens is 1. The predicted molar refractivity (Wildman–Crippen MR) is 120 cm³/mol. The fraction of sp³-hybridized carbons (Fsp3) is 0.136. The predicted octanol–water partition coefficient (Wildman–Crippen LogP) is 5.37. The highest BCUT2D eigenvalue weighted by molar-refractivity contribution is 7.98. The first-order valence-electron chi connectivity index (χ1n) is 9.36. The van der Waals surface area contributed by atoms with Crippen LogP contribution in [0.2, 0.25) is 0 Å². The molecule has 0 radical (unpaired) electrons. The van der Waals surface area contributed by atoms with Gasteiger partial charge in [0, 0.05) is 4.88 Å². The normalized spacial score (nSPS) is 11.6. The molecule has 1 N–H and O–H groups in total. The molecule has 0 amide bonds. The van der Waals surface area contributed by atoms with E-state index in [0.717, 1.165) is 27.3 Å². The molecular formula is C22H17FN4OS2. The standard InChI is InChI=1S/C22H17FN4OS2/c1-12-7-8-16-17(9-12)25-19(24-16)11-29-22-26-20-14(10-13(2)30-20)21(28)27(22)18-6-4-3-5-15(18)23/h3-10H,11H2,1-2H3,(H,24,25). The number of thiophene rings is 1. The van der Waals surface area contributed by atoms with Crippen molar-refractivity contribution in [3.05, 3.63) is 81.0 Å². The first-order chi connectivity index (χ1) is 14.5.